The fourth-order valence-electron chi connectivity index (χ4n) is 5.13. The van der Waals surface area contributed by atoms with Crippen molar-refractivity contribution >= 4 is 0 Å². The topological polar surface area (TPSA) is 84.0 Å². The third kappa shape index (κ3) is 6.57. The molecule has 3 aliphatic heterocycles. The van der Waals surface area contributed by atoms with E-state index in [1.54, 1.807) is 37.3 Å². The maximum atomic E-state index is 14.7. The van der Waals surface area contributed by atoms with E-state index < -0.39 is 67.2 Å². The summed E-state index contributed by atoms with van der Waals surface area (Å²) in [5, 5.41) is 13.3. The molecule has 0 aliphatic carbocycles. The molecule has 3 saturated heterocycles. The van der Waals surface area contributed by atoms with Gasteiger partial charge in [0.2, 0.25) is 5.60 Å². The summed E-state index contributed by atoms with van der Waals surface area (Å²) in [4.78, 5) is 0. The van der Waals surface area contributed by atoms with Crippen LogP contribution in [0.1, 0.15) is 51.0 Å². The Bertz CT molecular complexity index is 876. The lowest BCUT2D eigenvalue weighted by atomic mass is 9.90. The minimum Gasteiger partial charge on any atom is -0.393 e. The Balaban J connectivity index is 1.62. The van der Waals surface area contributed by atoms with E-state index in [-0.39, 0.29) is 38.7 Å². The fourth-order valence-corrected chi connectivity index (χ4v) is 5.13. The molecule has 3 aliphatic rings. The summed E-state index contributed by atoms with van der Waals surface area (Å²) in [6.45, 7) is 1.23. The maximum Gasteiger partial charge on any atom is 0.421 e. The number of aliphatic hydroxyl groups is 1. The van der Waals surface area contributed by atoms with Crippen molar-refractivity contribution in [1.29, 1.82) is 0 Å². The van der Waals surface area contributed by atoms with E-state index in [2.05, 4.69) is 16.2 Å². The molecule has 13 heteroatoms. The lowest BCUT2D eigenvalue weighted by Crippen LogP contribution is -2.61. The Morgan fingerprint density at radius 1 is 0.946 bits per heavy atom. The zero-order valence-electron chi connectivity index (χ0n) is 20.3. The highest BCUT2D eigenvalue weighted by atomic mass is 19.4. The fraction of sp³-hybridized carbons (Fsp3) is 0.750. The molecular formula is C24H33F6N3O4. The highest BCUT2D eigenvalue weighted by Gasteiger charge is 2.63. The second-order valence-corrected chi connectivity index (χ2v) is 10.0. The van der Waals surface area contributed by atoms with Gasteiger partial charge < -0.3 is 19.3 Å². The number of halogens is 6. The Kier molecular flexibility index (Phi) is 8.73. The van der Waals surface area contributed by atoms with E-state index in [0.29, 0.717) is 5.56 Å². The van der Waals surface area contributed by atoms with Gasteiger partial charge in [0.25, 0.3) is 0 Å². The molecule has 8 atom stereocenters. The number of nitrogens with one attached hydrogen (secondary N) is 3. The number of hydrazine groups is 1. The van der Waals surface area contributed by atoms with Crippen molar-refractivity contribution < 1.29 is 45.7 Å². The summed E-state index contributed by atoms with van der Waals surface area (Å²) in [6, 6.07) is 7.62. The van der Waals surface area contributed by atoms with Gasteiger partial charge in [-0.2, -0.15) is 26.3 Å². The van der Waals surface area contributed by atoms with E-state index in [4.69, 9.17) is 14.2 Å². The number of ether oxygens (including phenoxy) is 3. The Morgan fingerprint density at radius 3 is 2.35 bits per heavy atom. The average Bonchev–Trinajstić information content (AvgIpc) is 3.32. The predicted octanol–water partition coefficient (Wildman–Crippen LogP) is 3.88. The largest absolute Gasteiger partial charge is 0.421 e. The minimum absolute atomic E-state index is 0.00703. The third-order valence-electron chi connectivity index (χ3n) is 7.33. The highest BCUT2D eigenvalue weighted by molar-refractivity contribution is 5.14. The van der Waals surface area contributed by atoms with Gasteiger partial charge in [-0.15, -0.1) is 0 Å². The first-order valence-corrected chi connectivity index (χ1v) is 12.5. The molecule has 3 fully saturated rings. The molecule has 6 unspecified atom stereocenters. The molecule has 0 radical (unpaired) electrons. The van der Waals surface area contributed by atoms with Crippen molar-refractivity contribution in [2.75, 3.05) is 0 Å². The van der Waals surface area contributed by atoms with Crippen molar-refractivity contribution in [3.8, 4) is 0 Å². The molecule has 0 saturated carbocycles. The van der Waals surface area contributed by atoms with Crippen LogP contribution in [-0.2, 0) is 20.8 Å². The molecule has 0 spiro atoms. The Morgan fingerprint density at radius 2 is 1.68 bits per heavy atom. The van der Waals surface area contributed by atoms with E-state index in [1.165, 1.54) is 0 Å². The summed E-state index contributed by atoms with van der Waals surface area (Å²) in [5.41, 5.74) is 2.88. The van der Waals surface area contributed by atoms with Gasteiger partial charge in [-0.25, -0.2) is 10.9 Å². The van der Waals surface area contributed by atoms with Crippen LogP contribution in [0.4, 0.5) is 26.3 Å². The molecule has 0 amide bonds. The van der Waals surface area contributed by atoms with E-state index >= 15 is 0 Å². The Hall–Kier alpha value is -1.48. The van der Waals surface area contributed by atoms with Crippen molar-refractivity contribution in [1.82, 2.24) is 16.2 Å². The second kappa shape index (κ2) is 11.3. The lowest BCUT2D eigenvalue weighted by molar-refractivity contribution is -0.322. The van der Waals surface area contributed by atoms with Gasteiger partial charge in [0.1, 0.15) is 12.5 Å². The van der Waals surface area contributed by atoms with Gasteiger partial charge in [0, 0.05) is 0 Å². The molecule has 0 aromatic heterocycles. The van der Waals surface area contributed by atoms with Crippen molar-refractivity contribution in [3.63, 3.8) is 0 Å². The van der Waals surface area contributed by atoms with Crippen molar-refractivity contribution in [3.05, 3.63) is 35.9 Å². The highest BCUT2D eigenvalue weighted by Crippen LogP contribution is 2.44. The first kappa shape index (κ1) is 28.5. The first-order valence-electron chi connectivity index (χ1n) is 12.5. The minimum atomic E-state index is -4.90. The van der Waals surface area contributed by atoms with E-state index in [0.717, 1.165) is 0 Å². The monoisotopic (exact) mass is 541 g/mol. The van der Waals surface area contributed by atoms with E-state index in [9.17, 15) is 31.4 Å². The second-order valence-electron chi connectivity index (χ2n) is 10.0. The van der Waals surface area contributed by atoms with Crippen molar-refractivity contribution in [2.45, 2.75) is 107 Å². The molecule has 4 rings (SSSR count). The normalized spacial score (nSPS) is 38.2. The molecule has 4 bridgehead atoms. The lowest BCUT2D eigenvalue weighted by Gasteiger charge is -2.42. The zero-order valence-corrected chi connectivity index (χ0v) is 20.3. The number of benzene rings is 1. The van der Waals surface area contributed by atoms with Crippen LogP contribution in [0.3, 0.4) is 0 Å². The van der Waals surface area contributed by atoms with Crippen LogP contribution in [0, 0.1) is 5.92 Å². The molecule has 37 heavy (non-hydrogen) atoms. The number of rotatable bonds is 3. The molecular weight excluding hydrogens is 508 g/mol. The number of aliphatic hydroxyl groups excluding tert-OH is 1. The molecule has 1 aromatic rings. The van der Waals surface area contributed by atoms with Crippen LogP contribution in [0.5, 0.6) is 0 Å². The molecule has 1 aromatic carbocycles. The Labute approximate surface area is 211 Å². The van der Waals surface area contributed by atoms with Gasteiger partial charge >= 0.3 is 12.4 Å². The number of hydrogen-bond acceptors (Lipinski definition) is 7. The SMILES string of the molecule is C[C@@H]1CCC(O)CC[C@](OCc2ccccc2)(C(F)(F)F)C2NNC(O2)C2CCC(C(F)(F)F)C(N2)O1. The van der Waals surface area contributed by atoms with Crippen LogP contribution in [0.2, 0.25) is 0 Å². The van der Waals surface area contributed by atoms with Crippen LogP contribution in [-0.4, -0.2) is 60.0 Å². The first-order chi connectivity index (χ1) is 17.4. The summed E-state index contributed by atoms with van der Waals surface area (Å²) in [7, 11) is 0. The van der Waals surface area contributed by atoms with Gasteiger partial charge in [-0.3, -0.25) is 5.32 Å². The number of hydrogen-bond donors (Lipinski definition) is 4. The summed E-state index contributed by atoms with van der Waals surface area (Å²) < 4.78 is 102. The van der Waals surface area contributed by atoms with Crippen molar-refractivity contribution in [2.24, 2.45) is 5.92 Å². The molecule has 210 valence electrons. The number of fused-ring (bicyclic) bond motifs is 5. The van der Waals surface area contributed by atoms with Gasteiger partial charge in [0.05, 0.1) is 30.8 Å². The number of alkyl halides is 6. The van der Waals surface area contributed by atoms with Crippen LogP contribution < -0.4 is 16.2 Å². The van der Waals surface area contributed by atoms with Gasteiger partial charge in [-0.1, -0.05) is 30.3 Å². The molecule has 3 heterocycles. The maximum absolute atomic E-state index is 14.7. The van der Waals surface area contributed by atoms with Crippen LogP contribution in [0.15, 0.2) is 30.3 Å². The third-order valence-corrected chi connectivity index (χ3v) is 7.33. The van der Waals surface area contributed by atoms with Crippen LogP contribution >= 0.6 is 0 Å². The zero-order chi connectivity index (χ0) is 26.8. The van der Waals surface area contributed by atoms with Crippen LogP contribution in [0.25, 0.3) is 0 Å². The molecule has 7 nitrogen and oxygen atoms in total. The summed E-state index contributed by atoms with van der Waals surface area (Å²) in [5.74, 6) is -1.78. The summed E-state index contributed by atoms with van der Waals surface area (Å²) in [6.07, 6.45) is -16.3. The van der Waals surface area contributed by atoms with E-state index in [1.807, 2.05) is 0 Å². The predicted molar refractivity (Wildman–Crippen MR) is 119 cm³/mol. The molecule has 4 N–H and O–H groups in total. The smallest absolute Gasteiger partial charge is 0.393 e. The van der Waals surface area contributed by atoms with Gasteiger partial charge in [0.15, 0.2) is 6.23 Å². The summed E-state index contributed by atoms with van der Waals surface area (Å²) >= 11 is 0. The quantitative estimate of drug-likeness (QED) is 0.433. The number of piperidine rings is 1. The average molecular weight is 542 g/mol. The standard InChI is InChI=1S/C24H33F6N3O4/c1-14-7-8-16(34)11-12-22(24(28,29)30,35-13-15-5-3-2-4-6-15)21-33-32-20(37-21)18-10-9-17(23(25,26)27)19(31-18)36-14/h2-6,14,16-21,31-34H,7-13H2,1H3/t14-,16?,17?,18?,19?,20?,21?,22-/m1/s1. The van der Waals surface area contributed by atoms with Gasteiger partial charge in [-0.05, 0) is 51.0 Å².